The Hall–Kier alpha value is -8.39. The Morgan fingerprint density at radius 2 is 1.30 bits per heavy atom. The minimum absolute atomic E-state index is 0.00650. The fourth-order valence-corrected chi connectivity index (χ4v) is 10.0. The topological polar surface area (TPSA) is 385 Å². The predicted molar refractivity (Wildman–Crippen MR) is 288 cm³/mol. The Labute approximate surface area is 466 Å². The zero-order valence-corrected chi connectivity index (χ0v) is 44.6. The first-order valence-corrected chi connectivity index (χ1v) is 25.6. The van der Waals surface area contributed by atoms with E-state index in [1.807, 2.05) is 13.8 Å². The Morgan fingerprint density at radius 3 is 1.88 bits per heavy atom. The third kappa shape index (κ3) is 12.1. The molecule has 80 heavy (non-hydrogen) atoms. The number of nitrogens with two attached hydrogens (primary N) is 1. The van der Waals surface area contributed by atoms with Gasteiger partial charge in [0.05, 0.1) is 35.2 Å². The van der Waals surface area contributed by atoms with Gasteiger partial charge in [-0.15, -0.1) is 0 Å². The number of hydrogen-bond donors (Lipinski definition) is 15. The molecular weight excluding hydrogens is 1090 g/mol. The molecule has 422 valence electrons. The first kappa shape index (κ1) is 57.8. The van der Waals surface area contributed by atoms with Gasteiger partial charge < -0.3 is 88.2 Å². The highest BCUT2D eigenvalue weighted by Crippen LogP contribution is 2.47. The van der Waals surface area contributed by atoms with Crippen molar-refractivity contribution in [2.45, 2.75) is 81.2 Å². The van der Waals surface area contributed by atoms with E-state index in [1.165, 1.54) is 74.8 Å². The summed E-state index contributed by atoms with van der Waals surface area (Å²) in [6.45, 7) is 2.86. The van der Waals surface area contributed by atoms with E-state index in [-0.39, 0.29) is 72.2 Å². The van der Waals surface area contributed by atoms with Crippen LogP contribution in [-0.2, 0) is 28.8 Å². The molecule has 11 bridgehead atoms. The lowest BCUT2D eigenvalue weighted by atomic mass is 9.89. The van der Waals surface area contributed by atoms with Crippen LogP contribution < -0.4 is 52.4 Å². The molecule has 24 nitrogen and oxygen atoms in total. The van der Waals surface area contributed by atoms with Crippen LogP contribution in [0.4, 0.5) is 0 Å². The molecule has 5 aliphatic rings. The number of aliphatic hydroxyl groups is 3. The molecule has 5 aromatic rings. The van der Waals surface area contributed by atoms with Crippen LogP contribution in [-0.4, -0.2) is 122 Å². The largest absolute Gasteiger partial charge is 0.508 e. The molecule has 0 aliphatic carbocycles. The average Bonchev–Trinajstić information content (AvgIpc) is 3.41. The minimum Gasteiger partial charge on any atom is -0.508 e. The summed E-state index contributed by atoms with van der Waals surface area (Å²) in [7, 11) is 2.77. The third-order valence-corrected chi connectivity index (χ3v) is 14.2. The number of phenols is 4. The van der Waals surface area contributed by atoms with Gasteiger partial charge in [-0.25, -0.2) is 0 Å². The highest BCUT2D eigenvalue weighted by Gasteiger charge is 2.40. The first-order valence-electron chi connectivity index (χ1n) is 24.9. The molecule has 0 unspecified atom stereocenters. The number of nitrogens with zero attached hydrogens (tertiary/aromatic N) is 1. The number of halogens is 2. The summed E-state index contributed by atoms with van der Waals surface area (Å²) >= 11 is 13.6. The number of likely N-dealkylation sites (N-methyl/N-ethyl adjacent to an activating group) is 1. The van der Waals surface area contributed by atoms with Crippen molar-refractivity contribution in [3.63, 3.8) is 0 Å². The number of aliphatic imine (C=N–C) groups is 1. The number of amides is 6. The number of benzene rings is 5. The van der Waals surface area contributed by atoms with Gasteiger partial charge in [-0.3, -0.25) is 33.8 Å². The van der Waals surface area contributed by atoms with E-state index < -0.39 is 137 Å². The maximum Gasteiger partial charge on any atom is 0.247 e. The summed E-state index contributed by atoms with van der Waals surface area (Å²) in [5.74, 6) is -10.1. The quantitative estimate of drug-likeness (QED) is 0.106. The number of nitrogens with one attached hydrogen (secondary N) is 7. The van der Waals surface area contributed by atoms with Crippen LogP contribution in [0, 0.1) is 5.92 Å². The number of phenolic OH excluding ortho intramolecular Hbond substituents is 4. The Kier molecular flexibility index (Phi) is 17.3. The molecule has 0 radical (unpaired) electrons. The van der Waals surface area contributed by atoms with Crippen molar-refractivity contribution in [1.29, 1.82) is 0 Å². The fraction of sp³-hybridized carbons (Fsp3) is 0.315. The maximum atomic E-state index is 15.2. The number of rotatable bonds is 8. The van der Waals surface area contributed by atoms with Gasteiger partial charge in [0.25, 0.3) is 0 Å². The van der Waals surface area contributed by atoms with Crippen LogP contribution in [0.3, 0.4) is 0 Å². The highest BCUT2D eigenvalue weighted by atomic mass is 35.5. The van der Waals surface area contributed by atoms with E-state index in [4.69, 9.17) is 38.4 Å². The molecule has 6 amide bonds. The first-order chi connectivity index (χ1) is 38.0. The predicted octanol–water partition coefficient (Wildman–Crippen LogP) is 2.81. The molecule has 16 N–H and O–H groups in total. The van der Waals surface area contributed by atoms with Gasteiger partial charge in [0.1, 0.15) is 77.0 Å². The third-order valence-electron chi connectivity index (χ3n) is 13.6. The lowest BCUT2D eigenvalue weighted by Gasteiger charge is -2.32. The molecule has 5 heterocycles. The minimum atomic E-state index is -1.95. The second-order valence-corrected chi connectivity index (χ2v) is 20.4. The van der Waals surface area contributed by atoms with E-state index in [9.17, 15) is 54.9 Å². The molecule has 0 spiro atoms. The zero-order valence-electron chi connectivity index (χ0n) is 43.1. The van der Waals surface area contributed by atoms with E-state index in [0.29, 0.717) is 6.42 Å². The van der Waals surface area contributed by atoms with E-state index in [2.05, 4.69) is 42.2 Å². The van der Waals surface area contributed by atoms with Crippen LogP contribution in [0.15, 0.2) is 83.9 Å². The maximum absolute atomic E-state index is 15.2. The van der Waals surface area contributed by atoms with E-state index >= 15 is 9.59 Å². The van der Waals surface area contributed by atoms with Crippen molar-refractivity contribution in [3.05, 3.63) is 117 Å². The molecule has 26 heteroatoms. The number of amidine groups is 1. The van der Waals surface area contributed by atoms with Crippen LogP contribution in [0.25, 0.3) is 11.1 Å². The summed E-state index contributed by atoms with van der Waals surface area (Å²) in [6.07, 6.45) is -4.41. The standard InChI is InChI=1S/C54H57Cl2N9O15/c1-21(2)11-31(58-3)50(74)64-44-46(71)23-6-9-36(29(55)13-23)79-38-15-25-16-39(48(38)73)80-37-10-7-24(14-30(37)56)47(72)45-54(78)61-33(20-66)27-17-26(67)18-35(69)41(27)28-12-22(5-8-34(28)68)43(52(76)65-45)62-49(59-4)42(25)63-51(75)32(19-40(57)70)60-53(44)77/h5-10,12-18,21,31-33,42-47,58,66-69,71-73H,11,19-20H2,1-4H3,(H2,57,70)(H,59,62)(H,60,77)(H,61,78)(H,63,75)(H,64,74)(H,65,76)/t31-,32+,33-,42-,43-,44-,45+,46-,47-/m1/s1. The molecule has 0 fully saturated rings. The van der Waals surface area contributed by atoms with E-state index in [0.717, 1.165) is 18.2 Å². The normalized spacial score (nSPS) is 23.0. The highest BCUT2D eigenvalue weighted by molar-refractivity contribution is 6.32. The van der Waals surface area contributed by atoms with Gasteiger partial charge in [0, 0.05) is 24.2 Å². The van der Waals surface area contributed by atoms with Crippen LogP contribution in [0.1, 0.15) is 84.8 Å². The number of carbonyl (C=O) groups is 6. The van der Waals surface area contributed by atoms with Crippen molar-refractivity contribution < 1.29 is 74.0 Å². The van der Waals surface area contributed by atoms with Gasteiger partial charge in [-0.1, -0.05) is 55.2 Å². The monoisotopic (exact) mass is 1140 g/mol. The molecule has 0 aromatic heterocycles. The van der Waals surface area contributed by atoms with Gasteiger partial charge in [-0.2, -0.15) is 0 Å². The Balaban J connectivity index is 1.37. The Morgan fingerprint density at radius 1 is 0.688 bits per heavy atom. The molecule has 5 aliphatic heterocycles. The molecule has 10 rings (SSSR count). The van der Waals surface area contributed by atoms with Crippen molar-refractivity contribution in [3.8, 4) is 57.1 Å². The van der Waals surface area contributed by atoms with Crippen molar-refractivity contribution in [1.82, 2.24) is 37.2 Å². The number of primary amides is 1. The van der Waals surface area contributed by atoms with E-state index in [1.54, 1.807) is 0 Å². The molecular formula is C54H57Cl2N9O15. The van der Waals surface area contributed by atoms with Crippen molar-refractivity contribution >= 4 is 64.5 Å². The van der Waals surface area contributed by atoms with Gasteiger partial charge in [-0.05, 0) is 102 Å². The number of aromatic hydroxyl groups is 4. The summed E-state index contributed by atoms with van der Waals surface area (Å²) in [4.78, 5) is 90.4. The van der Waals surface area contributed by atoms with Crippen LogP contribution in [0.5, 0.6) is 46.0 Å². The van der Waals surface area contributed by atoms with Gasteiger partial charge >= 0.3 is 0 Å². The molecule has 0 saturated heterocycles. The molecule has 0 saturated carbocycles. The fourth-order valence-electron chi connectivity index (χ4n) is 9.58. The summed E-state index contributed by atoms with van der Waals surface area (Å²) in [6, 6.07) is 4.29. The SMILES string of the molecule is CN=C1N[C@H]2C(=O)N[C@H](C(=O)N[C@H](CO)c3cc(O)cc(O)c3-c3cc2ccc3O)[C@H](O)c2ccc(c(Cl)c2)Oc2cc3cc(c2O)Oc2ccc(cc2Cl)[C@@H](O)[C@@H](NC(=O)[C@@H](CC(C)C)NC)C(=O)N[C@@H](CC(N)=O)C(=O)N[C@@H]13. The van der Waals surface area contributed by atoms with Crippen LogP contribution >= 0.6 is 23.2 Å². The van der Waals surface area contributed by atoms with Gasteiger partial charge in [0.15, 0.2) is 11.5 Å². The second kappa shape index (κ2) is 23.9. The number of aliphatic hydroxyl groups excluding tert-OH is 3. The molecule has 9 atom stereocenters. The summed E-state index contributed by atoms with van der Waals surface area (Å²) < 4.78 is 12.5. The number of hydrogen-bond acceptors (Lipinski definition) is 17. The Bertz CT molecular complexity index is 3330. The second-order valence-electron chi connectivity index (χ2n) is 19.6. The van der Waals surface area contributed by atoms with Crippen molar-refractivity contribution in [2.24, 2.45) is 16.6 Å². The van der Waals surface area contributed by atoms with Crippen LogP contribution in [0.2, 0.25) is 10.0 Å². The smallest absolute Gasteiger partial charge is 0.247 e. The van der Waals surface area contributed by atoms with Crippen molar-refractivity contribution in [2.75, 3.05) is 20.7 Å². The molecule has 5 aromatic carbocycles. The number of carbonyl (C=O) groups excluding carboxylic acids is 6. The summed E-state index contributed by atoms with van der Waals surface area (Å²) in [5, 5.41) is 98.7. The summed E-state index contributed by atoms with van der Waals surface area (Å²) in [5.41, 5.74) is 4.98. The van der Waals surface area contributed by atoms with Gasteiger partial charge in [0.2, 0.25) is 41.2 Å². The number of fused-ring (bicyclic) bond motifs is 15. The average molecular weight is 1140 g/mol. The lowest BCUT2D eigenvalue weighted by Crippen LogP contribution is -2.59. The lowest BCUT2D eigenvalue weighted by molar-refractivity contribution is -0.136. The zero-order chi connectivity index (χ0) is 58.0. The number of ether oxygens (including phenoxy) is 2.